The van der Waals surface area contributed by atoms with Crippen LogP contribution in [0.5, 0.6) is 0 Å². The summed E-state index contributed by atoms with van der Waals surface area (Å²) in [6, 6.07) is 9.77. The maximum Gasteiger partial charge on any atom is 0.269 e. The van der Waals surface area contributed by atoms with Crippen molar-refractivity contribution in [1.82, 2.24) is 5.32 Å². The fourth-order valence-corrected chi connectivity index (χ4v) is 2.09. The van der Waals surface area contributed by atoms with E-state index in [0.29, 0.717) is 5.56 Å². The number of nitrogens with two attached hydrogens (primary N) is 1. The first kappa shape index (κ1) is 17.1. The zero-order valence-electron chi connectivity index (χ0n) is 12.4. The van der Waals surface area contributed by atoms with Crippen LogP contribution in [0.2, 0.25) is 0 Å². The average Bonchev–Trinajstić information content (AvgIpc) is 2.54. The minimum Gasteiger partial charge on any atom is -0.368 e. The van der Waals surface area contributed by atoms with Gasteiger partial charge in [0.1, 0.15) is 11.9 Å². The molecular formula is C16H14FN3O4. The number of benzene rings is 2. The van der Waals surface area contributed by atoms with Crippen molar-refractivity contribution in [2.75, 3.05) is 0 Å². The van der Waals surface area contributed by atoms with E-state index in [4.69, 9.17) is 5.73 Å². The van der Waals surface area contributed by atoms with Gasteiger partial charge < -0.3 is 11.1 Å². The molecule has 0 unspecified atom stereocenters. The van der Waals surface area contributed by atoms with Gasteiger partial charge in [-0.25, -0.2) is 4.39 Å². The number of nitro groups is 1. The molecule has 0 fully saturated rings. The highest BCUT2D eigenvalue weighted by atomic mass is 19.1. The molecule has 0 aromatic heterocycles. The van der Waals surface area contributed by atoms with E-state index in [1.54, 1.807) is 0 Å². The summed E-state index contributed by atoms with van der Waals surface area (Å²) in [4.78, 5) is 33.7. The summed E-state index contributed by atoms with van der Waals surface area (Å²) in [7, 11) is 0. The number of amides is 2. The molecule has 2 rings (SSSR count). The second-order valence-corrected chi connectivity index (χ2v) is 5.04. The third kappa shape index (κ3) is 4.13. The smallest absolute Gasteiger partial charge is 0.269 e. The number of hydrogen-bond acceptors (Lipinski definition) is 4. The van der Waals surface area contributed by atoms with Crippen molar-refractivity contribution in [3.63, 3.8) is 0 Å². The van der Waals surface area contributed by atoms with Crippen LogP contribution in [0, 0.1) is 15.9 Å². The lowest BCUT2D eigenvalue weighted by molar-refractivity contribution is -0.384. The Hall–Kier alpha value is -3.29. The van der Waals surface area contributed by atoms with Gasteiger partial charge in [0.15, 0.2) is 0 Å². The number of primary amides is 1. The topological polar surface area (TPSA) is 115 Å². The predicted molar refractivity (Wildman–Crippen MR) is 83.6 cm³/mol. The standard InChI is InChI=1S/C16H14FN3O4/c17-13-4-2-1-3-12(13)16(22)19-14(15(18)21)9-10-5-7-11(8-6-10)20(23)24/h1-8,14H,9H2,(H2,18,21)(H,19,22)/t14-/m0/s1. The molecule has 8 heteroatoms. The van der Waals surface area contributed by atoms with Crippen molar-refractivity contribution in [3.05, 3.63) is 75.6 Å². The minimum atomic E-state index is -1.07. The van der Waals surface area contributed by atoms with Gasteiger partial charge in [0.2, 0.25) is 5.91 Å². The Balaban J connectivity index is 2.12. The van der Waals surface area contributed by atoms with Gasteiger partial charge in [-0.05, 0) is 17.7 Å². The molecule has 2 aromatic carbocycles. The molecule has 0 aliphatic rings. The highest BCUT2D eigenvalue weighted by Crippen LogP contribution is 2.14. The lowest BCUT2D eigenvalue weighted by atomic mass is 10.0. The molecule has 0 radical (unpaired) electrons. The van der Waals surface area contributed by atoms with Crippen LogP contribution < -0.4 is 11.1 Å². The van der Waals surface area contributed by atoms with Crippen molar-refractivity contribution in [3.8, 4) is 0 Å². The van der Waals surface area contributed by atoms with E-state index in [1.807, 2.05) is 0 Å². The molecule has 0 aliphatic carbocycles. The van der Waals surface area contributed by atoms with Crippen molar-refractivity contribution < 1.29 is 18.9 Å². The average molecular weight is 331 g/mol. The number of nitrogens with one attached hydrogen (secondary N) is 1. The Bertz CT molecular complexity index is 777. The Morgan fingerprint density at radius 1 is 1.17 bits per heavy atom. The first-order valence-electron chi connectivity index (χ1n) is 6.96. The van der Waals surface area contributed by atoms with Gasteiger partial charge in [0.25, 0.3) is 11.6 Å². The number of nitro benzene ring substituents is 1. The SMILES string of the molecule is NC(=O)[C@H](Cc1ccc([N+](=O)[O-])cc1)NC(=O)c1ccccc1F. The molecule has 0 saturated carbocycles. The highest BCUT2D eigenvalue weighted by Gasteiger charge is 2.21. The first-order chi connectivity index (χ1) is 11.4. The summed E-state index contributed by atoms with van der Waals surface area (Å²) in [6.07, 6.45) is 0.0352. The van der Waals surface area contributed by atoms with E-state index in [-0.39, 0.29) is 17.7 Å². The zero-order chi connectivity index (χ0) is 17.7. The summed E-state index contributed by atoms with van der Waals surface area (Å²) >= 11 is 0. The maximum absolute atomic E-state index is 13.6. The van der Waals surface area contributed by atoms with Gasteiger partial charge in [-0.15, -0.1) is 0 Å². The molecule has 0 bridgehead atoms. The van der Waals surface area contributed by atoms with E-state index >= 15 is 0 Å². The van der Waals surface area contributed by atoms with Gasteiger partial charge in [0, 0.05) is 18.6 Å². The molecule has 1 atom stereocenters. The quantitative estimate of drug-likeness (QED) is 0.617. The van der Waals surface area contributed by atoms with Crippen LogP contribution in [0.4, 0.5) is 10.1 Å². The third-order valence-electron chi connectivity index (χ3n) is 3.35. The molecule has 2 amide bonds. The van der Waals surface area contributed by atoms with E-state index in [2.05, 4.69) is 5.32 Å². The van der Waals surface area contributed by atoms with Crippen LogP contribution in [0.15, 0.2) is 48.5 Å². The third-order valence-corrected chi connectivity index (χ3v) is 3.35. The van der Waals surface area contributed by atoms with E-state index in [9.17, 15) is 24.1 Å². The molecule has 7 nitrogen and oxygen atoms in total. The summed E-state index contributed by atoms with van der Waals surface area (Å²) in [5.74, 6) is -2.27. The summed E-state index contributed by atoms with van der Waals surface area (Å²) in [6.45, 7) is 0. The zero-order valence-corrected chi connectivity index (χ0v) is 12.4. The van der Waals surface area contributed by atoms with E-state index in [1.165, 1.54) is 42.5 Å². The summed E-state index contributed by atoms with van der Waals surface area (Å²) in [5.41, 5.74) is 5.55. The molecule has 24 heavy (non-hydrogen) atoms. The molecule has 3 N–H and O–H groups in total. The van der Waals surface area contributed by atoms with Crippen molar-refractivity contribution >= 4 is 17.5 Å². The molecule has 2 aromatic rings. The Kier molecular flexibility index (Phi) is 5.20. The second-order valence-electron chi connectivity index (χ2n) is 5.04. The number of nitrogens with zero attached hydrogens (tertiary/aromatic N) is 1. The molecule has 0 aliphatic heterocycles. The first-order valence-corrected chi connectivity index (χ1v) is 6.96. The monoisotopic (exact) mass is 331 g/mol. The van der Waals surface area contributed by atoms with Crippen LogP contribution in [0.3, 0.4) is 0 Å². The van der Waals surface area contributed by atoms with Crippen molar-refractivity contribution in [2.45, 2.75) is 12.5 Å². The molecule has 124 valence electrons. The van der Waals surface area contributed by atoms with Crippen molar-refractivity contribution in [1.29, 1.82) is 0 Å². The van der Waals surface area contributed by atoms with Crippen molar-refractivity contribution in [2.24, 2.45) is 5.73 Å². The summed E-state index contributed by atoms with van der Waals surface area (Å²) in [5, 5.41) is 13.0. The van der Waals surface area contributed by atoms with Crippen LogP contribution in [-0.4, -0.2) is 22.8 Å². The fraction of sp³-hybridized carbons (Fsp3) is 0.125. The molecule has 0 spiro atoms. The number of carbonyl (C=O) groups is 2. The van der Waals surface area contributed by atoms with Gasteiger partial charge in [0.05, 0.1) is 10.5 Å². The minimum absolute atomic E-state index is 0.0352. The van der Waals surface area contributed by atoms with Gasteiger partial charge in [-0.2, -0.15) is 0 Å². The van der Waals surface area contributed by atoms with Gasteiger partial charge in [-0.1, -0.05) is 24.3 Å². The van der Waals surface area contributed by atoms with Crippen LogP contribution in [0.25, 0.3) is 0 Å². The van der Waals surface area contributed by atoms with E-state index < -0.39 is 28.6 Å². The van der Waals surface area contributed by atoms with Gasteiger partial charge in [-0.3, -0.25) is 19.7 Å². The summed E-state index contributed by atoms with van der Waals surface area (Å²) < 4.78 is 13.6. The number of hydrogen-bond donors (Lipinski definition) is 2. The van der Waals surface area contributed by atoms with Gasteiger partial charge >= 0.3 is 0 Å². The fourth-order valence-electron chi connectivity index (χ4n) is 2.09. The predicted octanol–water partition coefficient (Wildman–Crippen LogP) is 1.56. The molecule has 0 saturated heterocycles. The maximum atomic E-state index is 13.6. The number of non-ortho nitro benzene ring substituents is 1. The lowest BCUT2D eigenvalue weighted by Gasteiger charge is -2.16. The number of rotatable bonds is 6. The number of carbonyl (C=O) groups excluding carboxylic acids is 2. The van der Waals surface area contributed by atoms with Crippen LogP contribution in [0.1, 0.15) is 15.9 Å². The largest absolute Gasteiger partial charge is 0.368 e. The molecule has 0 heterocycles. The lowest BCUT2D eigenvalue weighted by Crippen LogP contribution is -2.46. The number of halogens is 1. The Labute approximate surface area is 136 Å². The Morgan fingerprint density at radius 2 is 1.79 bits per heavy atom. The Morgan fingerprint density at radius 3 is 2.33 bits per heavy atom. The normalized spacial score (nSPS) is 11.5. The molecular weight excluding hydrogens is 317 g/mol. The second kappa shape index (κ2) is 7.32. The van der Waals surface area contributed by atoms with Crippen LogP contribution in [-0.2, 0) is 11.2 Å². The highest BCUT2D eigenvalue weighted by molar-refractivity contribution is 5.97. The van der Waals surface area contributed by atoms with E-state index in [0.717, 1.165) is 6.07 Å². The van der Waals surface area contributed by atoms with Crippen LogP contribution >= 0.6 is 0 Å².